The van der Waals surface area contributed by atoms with Gasteiger partial charge in [-0.2, -0.15) is 0 Å². The summed E-state index contributed by atoms with van der Waals surface area (Å²) >= 11 is 1.24. The van der Waals surface area contributed by atoms with E-state index in [0.29, 0.717) is 28.8 Å². The van der Waals surface area contributed by atoms with Crippen LogP contribution in [0.25, 0.3) is 0 Å². The molecule has 8 nitrogen and oxygen atoms in total. The highest BCUT2D eigenvalue weighted by atomic mass is 32.2. The van der Waals surface area contributed by atoms with E-state index in [-0.39, 0.29) is 24.1 Å². The van der Waals surface area contributed by atoms with Gasteiger partial charge in [-0.3, -0.25) is 9.59 Å². The van der Waals surface area contributed by atoms with Gasteiger partial charge in [-0.05, 0) is 55.5 Å². The van der Waals surface area contributed by atoms with Gasteiger partial charge < -0.3 is 19.9 Å². The van der Waals surface area contributed by atoms with Crippen molar-refractivity contribution in [1.82, 2.24) is 20.1 Å². The van der Waals surface area contributed by atoms with E-state index in [0.717, 1.165) is 5.75 Å². The number of hydrogen-bond acceptors (Lipinski definition) is 6. The number of carbonyl (C=O) groups excluding carboxylic acids is 2. The van der Waals surface area contributed by atoms with Crippen LogP contribution in [0.1, 0.15) is 23.1 Å². The summed E-state index contributed by atoms with van der Waals surface area (Å²) in [6, 6.07) is 12.4. The molecule has 0 aliphatic rings. The monoisotopic (exact) mass is 443 g/mol. The second-order valence-corrected chi connectivity index (χ2v) is 7.38. The maximum Gasteiger partial charge on any atom is 0.251 e. The van der Waals surface area contributed by atoms with Gasteiger partial charge in [0.15, 0.2) is 11.0 Å². The number of nitrogens with zero attached hydrogens (tertiary/aromatic N) is 3. The van der Waals surface area contributed by atoms with Crippen LogP contribution in [0, 0.1) is 5.82 Å². The lowest BCUT2D eigenvalue weighted by Crippen LogP contribution is -2.24. The van der Waals surface area contributed by atoms with E-state index >= 15 is 0 Å². The lowest BCUT2D eigenvalue weighted by atomic mass is 10.2. The number of halogens is 1. The number of amides is 2. The SMILES string of the molecule is CCOc1ccc(NC(=O)CSc2nnc(CNC(=O)c3ccc(F)cc3)n2C)cc1. The summed E-state index contributed by atoms with van der Waals surface area (Å²) in [4.78, 5) is 24.3. The number of aromatic nitrogens is 3. The average molecular weight is 444 g/mol. The molecule has 0 saturated carbocycles. The van der Waals surface area contributed by atoms with Gasteiger partial charge in [-0.25, -0.2) is 4.39 Å². The maximum atomic E-state index is 13.0. The van der Waals surface area contributed by atoms with Gasteiger partial charge in [0.05, 0.1) is 18.9 Å². The van der Waals surface area contributed by atoms with Crippen molar-refractivity contribution in [1.29, 1.82) is 0 Å². The van der Waals surface area contributed by atoms with Crippen molar-refractivity contribution in [3.8, 4) is 5.75 Å². The minimum Gasteiger partial charge on any atom is -0.494 e. The summed E-state index contributed by atoms with van der Waals surface area (Å²) in [6.45, 7) is 2.64. The minimum absolute atomic E-state index is 0.151. The van der Waals surface area contributed by atoms with Crippen molar-refractivity contribution < 1.29 is 18.7 Å². The predicted octanol–water partition coefficient (Wildman–Crippen LogP) is 3.01. The Balaban J connectivity index is 1.48. The van der Waals surface area contributed by atoms with Crippen LogP contribution in [0.2, 0.25) is 0 Å². The third kappa shape index (κ3) is 6.29. The number of nitrogens with one attached hydrogen (secondary N) is 2. The van der Waals surface area contributed by atoms with Crippen LogP contribution < -0.4 is 15.4 Å². The van der Waals surface area contributed by atoms with E-state index in [1.165, 1.54) is 36.0 Å². The standard InChI is InChI=1S/C21H22FN5O3S/c1-3-30-17-10-8-16(9-11-17)24-19(28)13-31-21-26-25-18(27(21)2)12-23-20(29)14-4-6-15(22)7-5-14/h4-11H,3,12-13H2,1-2H3,(H,23,29)(H,24,28). The van der Waals surface area contributed by atoms with E-state index in [1.807, 2.05) is 6.92 Å². The normalized spacial score (nSPS) is 10.5. The Bertz CT molecular complexity index is 1040. The number of rotatable bonds is 9. The van der Waals surface area contributed by atoms with Crippen molar-refractivity contribution in [2.45, 2.75) is 18.6 Å². The molecular formula is C21H22FN5O3S. The highest BCUT2D eigenvalue weighted by Crippen LogP contribution is 2.18. The third-order valence-electron chi connectivity index (χ3n) is 4.22. The zero-order valence-corrected chi connectivity index (χ0v) is 17.9. The predicted molar refractivity (Wildman–Crippen MR) is 116 cm³/mol. The Labute approximate surface area is 183 Å². The number of carbonyl (C=O) groups is 2. The van der Waals surface area contributed by atoms with Gasteiger partial charge in [0.1, 0.15) is 11.6 Å². The Kier molecular flexibility index (Phi) is 7.60. The molecule has 0 unspecified atom stereocenters. The van der Waals surface area contributed by atoms with E-state index in [2.05, 4.69) is 20.8 Å². The van der Waals surface area contributed by atoms with Crippen LogP contribution >= 0.6 is 11.8 Å². The van der Waals surface area contributed by atoms with Crippen LogP contribution in [0.3, 0.4) is 0 Å². The van der Waals surface area contributed by atoms with Crippen molar-refractivity contribution in [3.05, 3.63) is 65.7 Å². The van der Waals surface area contributed by atoms with Gasteiger partial charge in [-0.1, -0.05) is 11.8 Å². The van der Waals surface area contributed by atoms with Crippen molar-refractivity contribution in [2.75, 3.05) is 17.7 Å². The summed E-state index contributed by atoms with van der Waals surface area (Å²) in [5.74, 6) is 0.507. The van der Waals surface area contributed by atoms with Gasteiger partial charge in [-0.15, -0.1) is 10.2 Å². The number of thioether (sulfide) groups is 1. The summed E-state index contributed by atoms with van der Waals surface area (Å²) < 4.78 is 20.0. The molecular weight excluding hydrogens is 421 g/mol. The molecule has 162 valence electrons. The van der Waals surface area contributed by atoms with Crippen LogP contribution in [0.5, 0.6) is 5.75 Å². The first-order valence-corrected chi connectivity index (χ1v) is 10.5. The largest absolute Gasteiger partial charge is 0.494 e. The molecule has 0 aliphatic heterocycles. The maximum absolute atomic E-state index is 13.0. The van der Waals surface area contributed by atoms with Gasteiger partial charge in [0.2, 0.25) is 5.91 Å². The van der Waals surface area contributed by atoms with Crippen LogP contribution in [0.15, 0.2) is 53.7 Å². The summed E-state index contributed by atoms with van der Waals surface area (Å²) in [5, 5.41) is 14.2. The Morgan fingerprint density at radius 3 is 2.48 bits per heavy atom. The highest BCUT2D eigenvalue weighted by Gasteiger charge is 2.13. The zero-order chi connectivity index (χ0) is 22.2. The molecule has 3 rings (SSSR count). The summed E-state index contributed by atoms with van der Waals surface area (Å²) in [7, 11) is 1.76. The molecule has 0 radical (unpaired) electrons. The van der Waals surface area contributed by atoms with Crippen LogP contribution in [-0.4, -0.2) is 38.9 Å². The summed E-state index contributed by atoms with van der Waals surface area (Å²) in [5.41, 5.74) is 1.03. The molecule has 0 spiro atoms. The molecule has 0 atom stereocenters. The first-order chi connectivity index (χ1) is 15.0. The first-order valence-electron chi connectivity index (χ1n) is 9.53. The molecule has 2 N–H and O–H groups in total. The molecule has 10 heteroatoms. The Hall–Kier alpha value is -3.40. The van der Waals surface area contributed by atoms with E-state index in [1.54, 1.807) is 35.9 Å². The van der Waals surface area contributed by atoms with Crippen molar-refractivity contribution >= 4 is 29.3 Å². The molecule has 0 fully saturated rings. The van der Waals surface area contributed by atoms with E-state index < -0.39 is 5.82 Å². The smallest absolute Gasteiger partial charge is 0.251 e. The lowest BCUT2D eigenvalue weighted by Gasteiger charge is -2.08. The van der Waals surface area contributed by atoms with Crippen LogP contribution in [0.4, 0.5) is 10.1 Å². The van der Waals surface area contributed by atoms with Crippen molar-refractivity contribution in [3.63, 3.8) is 0 Å². The molecule has 0 aliphatic carbocycles. The minimum atomic E-state index is -0.405. The summed E-state index contributed by atoms with van der Waals surface area (Å²) in [6.07, 6.45) is 0. The molecule has 31 heavy (non-hydrogen) atoms. The lowest BCUT2D eigenvalue weighted by molar-refractivity contribution is -0.113. The molecule has 3 aromatic rings. The second kappa shape index (κ2) is 10.6. The van der Waals surface area contributed by atoms with Gasteiger partial charge in [0, 0.05) is 18.3 Å². The highest BCUT2D eigenvalue weighted by molar-refractivity contribution is 7.99. The number of benzene rings is 2. The average Bonchev–Trinajstić information content (AvgIpc) is 3.12. The van der Waals surface area contributed by atoms with E-state index in [9.17, 15) is 14.0 Å². The Morgan fingerprint density at radius 1 is 1.10 bits per heavy atom. The Morgan fingerprint density at radius 2 is 1.81 bits per heavy atom. The van der Waals surface area contributed by atoms with Crippen LogP contribution in [-0.2, 0) is 18.4 Å². The molecule has 1 aromatic heterocycles. The zero-order valence-electron chi connectivity index (χ0n) is 17.1. The molecule has 0 bridgehead atoms. The first kappa shape index (κ1) is 22.3. The number of ether oxygens (including phenoxy) is 1. The number of hydrogen-bond donors (Lipinski definition) is 2. The molecule has 2 amide bonds. The quantitative estimate of drug-likeness (QED) is 0.494. The van der Waals surface area contributed by atoms with E-state index in [4.69, 9.17) is 4.74 Å². The third-order valence-corrected chi connectivity index (χ3v) is 5.24. The second-order valence-electron chi connectivity index (χ2n) is 6.44. The molecule has 1 heterocycles. The molecule has 2 aromatic carbocycles. The fourth-order valence-corrected chi connectivity index (χ4v) is 3.35. The fourth-order valence-electron chi connectivity index (χ4n) is 2.62. The van der Waals surface area contributed by atoms with Crippen molar-refractivity contribution in [2.24, 2.45) is 7.05 Å². The fraction of sp³-hybridized carbons (Fsp3) is 0.238. The topological polar surface area (TPSA) is 98.1 Å². The van der Waals surface area contributed by atoms with Gasteiger partial charge in [0.25, 0.3) is 5.91 Å². The van der Waals surface area contributed by atoms with Gasteiger partial charge >= 0.3 is 0 Å². The molecule has 0 saturated heterocycles. The number of anilines is 1.